The third-order valence-electron chi connectivity index (χ3n) is 7.69. The zero-order chi connectivity index (χ0) is 30.3. The van der Waals surface area contributed by atoms with Crippen molar-refractivity contribution < 1.29 is 33.2 Å². The van der Waals surface area contributed by atoms with E-state index in [0.717, 1.165) is 28.7 Å². The summed E-state index contributed by atoms with van der Waals surface area (Å²) in [5.74, 6) is 0.718. The number of carbonyl (C=O) groups is 1. The van der Waals surface area contributed by atoms with Crippen molar-refractivity contribution in [3.05, 3.63) is 83.2 Å². The molecule has 226 valence electrons. The van der Waals surface area contributed by atoms with Crippen LogP contribution in [0.5, 0.6) is 11.5 Å². The molecule has 6 nitrogen and oxygen atoms in total. The van der Waals surface area contributed by atoms with Crippen LogP contribution >= 0.6 is 0 Å². The summed E-state index contributed by atoms with van der Waals surface area (Å²) in [4.78, 5) is 11.5. The highest BCUT2D eigenvalue weighted by atomic mass is 19.1. The maximum Gasteiger partial charge on any atom is 0.303 e. The lowest BCUT2D eigenvalue weighted by atomic mass is 9.81. The number of halogens is 1. The molecular formula is C35H43FO6. The van der Waals surface area contributed by atoms with E-state index in [2.05, 4.69) is 20.8 Å². The smallest absolute Gasteiger partial charge is 0.303 e. The molecule has 7 heteroatoms. The second-order valence-electron chi connectivity index (χ2n) is 12.2. The Morgan fingerprint density at radius 1 is 0.976 bits per heavy atom. The largest absolute Gasteiger partial charge is 0.497 e. The monoisotopic (exact) mass is 578 g/mol. The van der Waals surface area contributed by atoms with Gasteiger partial charge in [-0.25, -0.2) is 4.39 Å². The van der Waals surface area contributed by atoms with E-state index in [9.17, 15) is 9.90 Å². The molecule has 4 rings (SSSR count). The summed E-state index contributed by atoms with van der Waals surface area (Å²) >= 11 is 0. The van der Waals surface area contributed by atoms with E-state index < -0.39 is 5.97 Å². The Morgan fingerprint density at radius 3 is 2.43 bits per heavy atom. The van der Waals surface area contributed by atoms with Gasteiger partial charge in [0.15, 0.2) is 0 Å². The normalized spacial score (nSPS) is 14.8. The molecular weight excluding hydrogens is 535 g/mol. The lowest BCUT2D eigenvalue weighted by molar-refractivity contribution is -0.137. The van der Waals surface area contributed by atoms with E-state index in [1.807, 2.05) is 42.5 Å². The van der Waals surface area contributed by atoms with Crippen molar-refractivity contribution >= 4 is 5.97 Å². The second kappa shape index (κ2) is 14.2. The van der Waals surface area contributed by atoms with Gasteiger partial charge in [-0.3, -0.25) is 4.79 Å². The molecule has 0 radical (unpaired) electrons. The quantitative estimate of drug-likeness (QED) is 0.183. The molecule has 3 aromatic carbocycles. The Hall–Kier alpha value is -3.42. The Kier molecular flexibility index (Phi) is 10.6. The summed E-state index contributed by atoms with van der Waals surface area (Å²) in [7, 11) is 3.20. The minimum atomic E-state index is -0.784. The molecule has 0 unspecified atom stereocenters. The number of hydrogen-bond acceptors (Lipinski definition) is 5. The fraction of sp³-hybridized carbons (Fsp3) is 0.457. The van der Waals surface area contributed by atoms with Crippen molar-refractivity contribution in [3.8, 4) is 22.6 Å². The van der Waals surface area contributed by atoms with Crippen molar-refractivity contribution in [2.24, 2.45) is 11.3 Å². The highest BCUT2D eigenvalue weighted by molar-refractivity contribution is 5.71. The van der Waals surface area contributed by atoms with Gasteiger partial charge < -0.3 is 24.1 Å². The first-order valence-electron chi connectivity index (χ1n) is 14.6. The Balaban J connectivity index is 1.65. The summed E-state index contributed by atoms with van der Waals surface area (Å²) in [6.07, 6.45) is 3.00. The van der Waals surface area contributed by atoms with Crippen LogP contribution in [0.4, 0.5) is 4.39 Å². The van der Waals surface area contributed by atoms with Gasteiger partial charge >= 0.3 is 5.97 Å². The Labute approximate surface area is 248 Å². The minimum absolute atomic E-state index is 0.0287. The first-order chi connectivity index (χ1) is 20.1. The van der Waals surface area contributed by atoms with Gasteiger partial charge in [-0.2, -0.15) is 0 Å². The van der Waals surface area contributed by atoms with E-state index in [1.54, 1.807) is 26.4 Å². The van der Waals surface area contributed by atoms with Gasteiger partial charge in [0.1, 0.15) is 23.9 Å². The van der Waals surface area contributed by atoms with Gasteiger partial charge in [0.25, 0.3) is 0 Å². The molecule has 0 spiro atoms. The van der Waals surface area contributed by atoms with Gasteiger partial charge in [0, 0.05) is 12.7 Å². The molecule has 42 heavy (non-hydrogen) atoms. The number of carboxylic acid groups (broad SMARTS) is 1. The van der Waals surface area contributed by atoms with E-state index in [4.69, 9.17) is 18.9 Å². The molecule has 1 aliphatic rings. The van der Waals surface area contributed by atoms with Crippen molar-refractivity contribution in [1.82, 2.24) is 0 Å². The third kappa shape index (κ3) is 8.55. The van der Waals surface area contributed by atoms with E-state index in [0.29, 0.717) is 42.8 Å². The van der Waals surface area contributed by atoms with Crippen molar-refractivity contribution in [3.63, 3.8) is 0 Å². The minimum Gasteiger partial charge on any atom is -0.497 e. The lowest BCUT2D eigenvalue weighted by Gasteiger charge is -2.33. The molecule has 2 atom stereocenters. The number of hydrogen-bond donors (Lipinski definition) is 1. The van der Waals surface area contributed by atoms with Gasteiger partial charge in [0.2, 0.25) is 0 Å². The van der Waals surface area contributed by atoms with Crippen LogP contribution in [-0.4, -0.2) is 38.5 Å². The molecule has 0 aromatic heterocycles. The molecule has 0 aliphatic heterocycles. The zero-order valence-electron chi connectivity index (χ0n) is 25.3. The summed E-state index contributed by atoms with van der Waals surface area (Å²) in [6.45, 7) is 7.42. The first kappa shape index (κ1) is 31.5. The van der Waals surface area contributed by atoms with Crippen LogP contribution < -0.4 is 9.47 Å². The summed E-state index contributed by atoms with van der Waals surface area (Å²) < 4.78 is 38.4. The number of benzene rings is 3. The number of methoxy groups -OCH3 is 2. The van der Waals surface area contributed by atoms with Gasteiger partial charge in [0.05, 0.1) is 32.8 Å². The molecule has 1 saturated carbocycles. The molecule has 0 heterocycles. The average molecular weight is 579 g/mol. The Morgan fingerprint density at radius 2 is 1.76 bits per heavy atom. The third-order valence-corrected chi connectivity index (χ3v) is 7.69. The standard InChI is InChI=1S/C35H43FO6/c1-35(2,3)34(41-16-15-39-4)31-18-24(11-13-29(31)30-21-27(40-5)12-14-32(30)36)22-42-28-8-6-7-25(19-28)26(20-33(37)38)17-23-9-10-23/h6-8,11-14,18-19,21,23,26,34H,9-10,15-17,20,22H2,1-5H3,(H,37,38)/t26-,34+/m1/s1. The van der Waals surface area contributed by atoms with Crippen LogP contribution in [0.2, 0.25) is 0 Å². The fourth-order valence-electron chi connectivity index (χ4n) is 5.39. The van der Waals surface area contributed by atoms with Crippen LogP contribution in [-0.2, 0) is 20.9 Å². The summed E-state index contributed by atoms with van der Waals surface area (Å²) in [5, 5.41) is 9.47. The molecule has 0 amide bonds. The molecule has 1 aliphatic carbocycles. The van der Waals surface area contributed by atoms with Gasteiger partial charge in [-0.15, -0.1) is 0 Å². The van der Waals surface area contributed by atoms with Crippen LogP contribution in [0.3, 0.4) is 0 Å². The van der Waals surface area contributed by atoms with Crippen molar-refractivity contribution in [2.45, 2.75) is 65.1 Å². The topological polar surface area (TPSA) is 74.2 Å². The average Bonchev–Trinajstić information content (AvgIpc) is 3.78. The molecule has 1 fully saturated rings. The van der Waals surface area contributed by atoms with E-state index in [1.165, 1.54) is 18.9 Å². The van der Waals surface area contributed by atoms with Crippen LogP contribution in [0.15, 0.2) is 60.7 Å². The van der Waals surface area contributed by atoms with Crippen LogP contribution in [0, 0.1) is 17.2 Å². The molecule has 3 aromatic rings. The van der Waals surface area contributed by atoms with Gasteiger partial charge in [-0.1, -0.05) is 57.9 Å². The Bertz CT molecular complexity index is 1340. The van der Waals surface area contributed by atoms with Crippen LogP contribution in [0.25, 0.3) is 11.1 Å². The van der Waals surface area contributed by atoms with Crippen molar-refractivity contribution in [1.29, 1.82) is 0 Å². The number of ether oxygens (including phenoxy) is 4. The second-order valence-corrected chi connectivity index (χ2v) is 12.2. The molecule has 1 N–H and O–H groups in total. The highest BCUT2D eigenvalue weighted by Crippen LogP contribution is 2.43. The van der Waals surface area contributed by atoms with Gasteiger partial charge in [-0.05, 0) is 82.3 Å². The number of aliphatic carboxylic acids is 1. The molecule has 0 saturated heterocycles. The maximum atomic E-state index is 15.2. The van der Waals surface area contributed by atoms with Crippen LogP contribution in [0.1, 0.15) is 75.2 Å². The number of carboxylic acids is 1. The zero-order valence-corrected chi connectivity index (χ0v) is 25.3. The SMILES string of the molecule is COCCO[C@@H](c1cc(COc2cccc([C@@H](CC(=O)O)CC3CC3)c2)ccc1-c1cc(OC)ccc1F)C(C)(C)C. The van der Waals surface area contributed by atoms with E-state index >= 15 is 4.39 Å². The first-order valence-corrected chi connectivity index (χ1v) is 14.6. The van der Waals surface area contributed by atoms with Crippen molar-refractivity contribution in [2.75, 3.05) is 27.4 Å². The molecule has 0 bridgehead atoms. The predicted molar refractivity (Wildman–Crippen MR) is 162 cm³/mol. The number of rotatable bonds is 15. The van der Waals surface area contributed by atoms with E-state index in [-0.39, 0.29) is 29.7 Å². The predicted octanol–water partition coefficient (Wildman–Crippen LogP) is 8.19. The fourth-order valence-corrected chi connectivity index (χ4v) is 5.39. The lowest BCUT2D eigenvalue weighted by Crippen LogP contribution is -2.24. The highest BCUT2D eigenvalue weighted by Gasteiger charge is 2.31. The summed E-state index contributed by atoms with van der Waals surface area (Å²) in [6, 6.07) is 18.4. The summed E-state index contributed by atoms with van der Waals surface area (Å²) in [5.41, 5.74) is 3.62. The maximum absolute atomic E-state index is 15.2.